The second-order valence-corrected chi connectivity index (χ2v) is 6.36. The van der Waals surface area contributed by atoms with Gasteiger partial charge in [0.25, 0.3) is 11.5 Å². The van der Waals surface area contributed by atoms with E-state index in [-0.39, 0.29) is 17.0 Å². The highest BCUT2D eigenvalue weighted by Crippen LogP contribution is 2.37. The molecule has 2 fully saturated rings. The topological polar surface area (TPSA) is 94.7 Å². The number of nitrogens with zero attached hydrogens (tertiary/aromatic N) is 3. The summed E-state index contributed by atoms with van der Waals surface area (Å²) in [6.45, 7) is 1.29. The van der Waals surface area contributed by atoms with E-state index in [4.69, 9.17) is 0 Å². The van der Waals surface area contributed by atoms with Gasteiger partial charge in [0.05, 0.1) is 0 Å². The van der Waals surface area contributed by atoms with Crippen molar-refractivity contribution in [3.63, 3.8) is 0 Å². The van der Waals surface area contributed by atoms with E-state index in [1.54, 1.807) is 11.1 Å². The molecule has 0 aromatic carbocycles. The quantitative estimate of drug-likeness (QED) is 0.895. The molecule has 3 heterocycles. The van der Waals surface area contributed by atoms with Gasteiger partial charge in [-0.3, -0.25) is 14.7 Å². The summed E-state index contributed by atoms with van der Waals surface area (Å²) in [4.78, 5) is 33.5. The van der Waals surface area contributed by atoms with Crippen LogP contribution in [0, 0.1) is 0 Å². The van der Waals surface area contributed by atoms with Gasteiger partial charge >= 0.3 is 0 Å². The van der Waals surface area contributed by atoms with Crippen LogP contribution in [0.5, 0.6) is 0 Å². The van der Waals surface area contributed by atoms with Crippen molar-refractivity contribution >= 4 is 5.91 Å². The highest BCUT2D eigenvalue weighted by molar-refractivity contribution is 5.93. The summed E-state index contributed by atoms with van der Waals surface area (Å²) in [5.74, 6) is 1.26. The Morgan fingerprint density at radius 3 is 2.57 bits per heavy atom. The average Bonchev–Trinajstić information content (AvgIpc) is 3.29. The van der Waals surface area contributed by atoms with Crippen LogP contribution >= 0.6 is 0 Å². The summed E-state index contributed by atoms with van der Waals surface area (Å²) >= 11 is 0. The molecule has 120 valence electrons. The molecule has 0 unspecified atom stereocenters. The normalized spacial score (nSPS) is 19.0. The molecule has 23 heavy (non-hydrogen) atoms. The Labute approximate surface area is 133 Å². The van der Waals surface area contributed by atoms with E-state index in [1.165, 1.54) is 6.20 Å². The van der Waals surface area contributed by atoms with Gasteiger partial charge < -0.3 is 9.88 Å². The van der Waals surface area contributed by atoms with Gasteiger partial charge in [-0.25, -0.2) is 4.98 Å². The molecule has 7 heteroatoms. The summed E-state index contributed by atoms with van der Waals surface area (Å²) in [5.41, 5.74) is 0.947. The molecule has 2 aromatic heterocycles. The van der Waals surface area contributed by atoms with Crippen LogP contribution in [-0.2, 0) is 0 Å². The Morgan fingerprint density at radius 1 is 1.17 bits per heavy atom. The van der Waals surface area contributed by atoms with Gasteiger partial charge in [-0.2, -0.15) is 5.10 Å². The number of aromatic nitrogens is 4. The van der Waals surface area contributed by atoms with E-state index in [0.717, 1.165) is 31.4 Å². The van der Waals surface area contributed by atoms with Crippen molar-refractivity contribution < 1.29 is 4.79 Å². The Hall–Kier alpha value is -2.44. The second kappa shape index (κ2) is 5.64. The van der Waals surface area contributed by atoms with Crippen LogP contribution < -0.4 is 5.56 Å². The number of hydrogen-bond donors (Lipinski definition) is 2. The number of amides is 1. The lowest BCUT2D eigenvalue weighted by atomic mass is 9.93. The van der Waals surface area contributed by atoms with Gasteiger partial charge in [-0.05, 0) is 31.7 Å². The van der Waals surface area contributed by atoms with Gasteiger partial charge in [0.1, 0.15) is 11.4 Å². The molecule has 1 saturated heterocycles. The first-order valence-corrected chi connectivity index (χ1v) is 8.10. The summed E-state index contributed by atoms with van der Waals surface area (Å²) in [7, 11) is 0. The molecule has 4 rings (SSSR count). The van der Waals surface area contributed by atoms with Crippen LogP contribution in [0.15, 0.2) is 23.3 Å². The largest absolute Gasteiger partial charge is 0.338 e. The predicted molar refractivity (Wildman–Crippen MR) is 83.3 cm³/mol. The van der Waals surface area contributed by atoms with Crippen LogP contribution in [-0.4, -0.2) is 44.1 Å². The van der Waals surface area contributed by atoms with Crippen molar-refractivity contribution in [2.45, 2.75) is 37.5 Å². The maximum absolute atomic E-state index is 12.6. The van der Waals surface area contributed by atoms with Gasteiger partial charge in [0.2, 0.25) is 0 Å². The second-order valence-electron chi connectivity index (χ2n) is 6.36. The molecular formula is C16H19N5O2. The summed E-state index contributed by atoms with van der Waals surface area (Å²) in [6.07, 6.45) is 7.07. The minimum absolute atomic E-state index is 0.148. The Kier molecular flexibility index (Phi) is 3.48. The van der Waals surface area contributed by atoms with Gasteiger partial charge in [0.15, 0.2) is 0 Å². The maximum atomic E-state index is 12.6. The molecule has 7 nitrogen and oxygen atoms in total. The Balaban J connectivity index is 1.44. The number of carbonyl (C=O) groups is 1. The Bertz CT molecular complexity index is 755. The maximum Gasteiger partial charge on any atom is 0.263 e. The SMILES string of the molecule is O=C(c1cnc(C2CC2)[nH]c1=O)N1CCC(c2ccn[nH]2)CC1. The fourth-order valence-electron chi connectivity index (χ4n) is 3.18. The van der Waals surface area contributed by atoms with E-state index in [0.29, 0.717) is 30.7 Å². The average molecular weight is 313 g/mol. The number of piperidine rings is 1. The first-order valence-electron chi connectivity index (χ1n) is 8.10. The third kappa shape index (κ3) is 2.78. The number of H-pyrrole nitrogens is 2. The van der Waals surface area contributed by atoms with Crippen molar-refractivity contribution in [2.75, 3.05) is 13.1 Å². The monoisotopic (exact) mass is 313 g/mol. The molecule has 2 N–H and O–H groups in total. The summed E-state index contributed by atoms with van der Waals surface area (Å²) in [6, 6.07) is 1.98. The molecular weight excluding hydrogens is 294 g/mol. The van der Waals surface area contributed by atoms with Gasteiger partial charge in [-0.15, -0.1) is 0 Å². The molecule has 1 aliphatic heterocycles. The van der Waals surface area contributed by atoms with Crippen LogP contribution in [0.3, 0.4) is 0 Å². The first kappa shape index (κ1) is 14.2. The van der Waals surface area contributed by atoms with E-state index < -0.39 is 0 Å². The number of carbonyl (C=O) groups excluding carboxylic acids is 1. The standard InChI is InChI=1S/C16H19N5O2/c22-15-12(9-17-14(19-15)11-1-2-11)16(23)21-7-4-10(5-8-21)13-3-6-18-20-13/h3,6,9-11H,1-2,4-5,7-8H2,(H,18,20)(H,17,19,22). The molecule has 1 aliphatic carbocycles. The minimum Gasteiger partial charge on any atom is -0.338 e. The lowest BCUT2D eigenvalue weighted by molar-refractivity contribution is 0.0709. The predicted octanol–water partition coefficient (Wildman–Crippen LogP) is 1.39. The van der Waals surface area contributed by atoms with Crippen molar-refractivity contribution in [1.29, 1.82) is 0 Å². The lowest BCUT2D eigenvalue weighted by Crippen LogP contribution is -2.40. The van der Waals surface area contributed by atoms with E-state index >= 15 is 0 Å². The zero-order valence-electron chi connectivity index (χ0n) is 12.8. The molecule has 0 bridgehead atoms. The first-order chi connectivity index (χ1) is 11.2. The fraction of sp³-hybridized carbons (Fsp3) is 0.500. The number of likely N-dealkylation sites (tertiary alicyclic amines) is 1. The third-order valence-corrected chi connectivity index (χ3v) is 4.76. The van der Waals surface area contributed by atoms with E-state index in [9.17, 15) is 9.59 Å². The highest BCUT2D eigenvalue weighted by Gasteiger charge is 2.29. The smallest absolute Gasteiger partial charge is 0.263 e. The highest BCUT2D eigenvalue weighted by atomic mass is 16.2. The molecule has 2 aromatic rings. The van der Waals surface area contributed by atoms with E-state index in [1.807, 2.05) is 6.07 Å². The molecule has 1 saturated carbocycles. The van der Waals surface area contributed by atoms with Crippen molar-refractivity contribution in [3.05, 3.63) is 45.9 Å². The zero-order chi connectivity index (χ0) is 15.8. The van der Waals surface area contributed by atoms with Crippen LogP contribution in [0.1, 0.15) is 59.4 Å². The van der Waals surface area contributed by atoms with Crippen molar-refractivity contribution in [1.82, 2.24) is 25.1 Å². The number of nitrogens with one attached hydrogen (secondary N) is 2. The zero-order valence-corrected chi connectivity index (χ0v) is 12.8. The van der Waals surface area contributed by atoms with Crippen molar-refractivity contribution in [3.8, 4) is 0 Å². The Morgan fingerprint density at radius 2 is 1.96 bits per heavy atom. The van der Waals surface area contributed by atoms with E-state index in [2.05, 4.69) is 20.2 Å². The van der Waals surface area contributed by atoms with Gasteiger partial charge in [0, 0.05) is 43.0 Å². The minimum atomic E-state index is -0.317. The lowest BCUT2D eigenvalue weighted by Gasteiger charge is -2.31. The van der Waals surface area contributed by atoms with Crippen LogP contribution in [0.4, 0.5) is 0 Å². The number of aromatic amines is 2. The number of rotatable bonds is 3. The van der Waals surface area contributed by atoms with Gasteiger partial charge in [-0.1, -0.05) is 0 Å². The summed E-state index contributed by atoms with van der Waals surface area (Å²) < 4.78 is 0. The summed E-state index contributed by atoms with van der Waals surface area (Å²) in [5, 5.41) is 6.97. The molecule has 1 amide bonds. The molecule has 0 spiro atoms. The van der Waals surface area contributed by atoms with Crippen molar-refractivity contribution in [2.24, 2.45) is 0 Å². The molecule has 2 aliphatic rings. The molecule has 0 atom stereocenters. The van der Waals surface area contributed by atoms with Crippen LogP contribution in [0.25, 0.3) is 0 Å². The third-order valence-electron chi connectivity index (χ3n) is 4.76. The molecule has 0 radical (unpaired) electrons. The fourth-order valence-corrected chi connectivity index (χ4v) is 3.18. The van der Waals surface area contributed by atoms with Crippen LogP contribution in [0.2, 0.25) is 0 Å². The number of hydrogen-bond acceptors (Lipinski definition) is 4.